The van der Waals surface area contributed by atoms with E-state index in [1.54, 1.807) is 0 Å². The van der Waals surface area contributed by atoms with Crippen LogP contribution >= 0.6 is 0 Å². The summed E-state index contributed by atoms with van der Waals surface area (Å²) in [5.41, 5.74) is 2.17. The second kappa shape index (κ2) is 8.67. The molecule has 3 heterocycles. The molecule has 2 saturated heterocycles. The van der Waals surface area contributed by atoms with E-state index >= 15 is 0 Å². The maximum Gasteiger partial charge on any atom is 0.194 e. The monoisotopic (exact) mass is 368 g/mol. The van der Waals surface area contributed by atoms with Gasteiger partial charge in [0.2, 0.25) is 0 Å². The van der Waals surface area contributed by atoms with E-state index in [4.69, 9.17) is 14.5 Å². The van der Waals surface area contributed by atoms with E-state index in [9.17, 15) is 0 Å². The predicted octanol–water partition coefficient (Wildman–Crippen LogP) is 2.58. The van der Waals surface area contributed by atoms with Crippen molar-refractivity contribution in [2.45, 2.75) is 38.5 Å². The van der Waals surface area contributed by atoms with Crippen molar-refractivity contribution in [3.63, 3.8) is 0 Å². The first kappa shape index (κ1) is 18.2. The van der Waals surface area contributed by atoms with Crippen LogP contribution in [0.4, 0.5) is 0 Å². The summed E-state index contributed by atoms with van der Waals surface area (Å²) >= 11 is 0. The van der Waals surface area contributed by atoms with Crippen molar-refractivity contribution in [1.82, 2.24) is 15.2 Å². The van der Waals surface area contributed by atoms with E-state index < -0.39 is 0 Å². The molecule has 0 bridgehead atoms. The molecule has 0 spiro atoms. The van der Waals surface area contributed by atoms with Crippen LogP contribution in [0.15, 0.2) is 41.5 Å². The minimum atomic E-state index is 0.129. The van der Waals surface area contributed by atoms with E-state index in [1.165, 1.54) is 0 Å². The minimum Gasteiger partial charge on any atom is -0.375 e. The third kappa shape index (κ3) is 4.22. The van der Waals surface area contributed by atoms with Crippen molar-refractivity contribution in [2.75, 3.05) is 32.8 Å². The van der Waals surface area contributed by atoms with Crippen LogP contribution in [0.25, 0.3) is 10.9 Å². The van der Waals surface area contributed by atoms with Crippen molar-refractivity contribution in [3.8, 4) is 0 Å². The molecule has 1 aromatic carbocycles. The summed E-state index contributed by atoms with van der Waals surface area (Å²) in [7, 11) is 0. The van der Waals surface area contributed by atoms with Gasteiger partial charge in [-0.3, -0.25) is 4.98 Å². The van der Waals surface area contributed by atoms with Crippen LogP contribution in [0.1, 0.15) is 25.3 Å². The Bertz CT molecular complexity index is 783. The molecule has 6 nitrogen and oxygen atoms in total. The molecule has 2 aromatic rings. The smallest absolute Gasteiger partial charge is 0.194 e. The summed E-state index contributed by atoms with van der Waals surface area (Å²) in [6, 6.07) is 10.3. The molecule has 4 rings (SSSR count). The van der Waals surface area contributed by atoms with Crippen LogP contribution in [0.5, 0.6) is 0 Å². The molecular weight excluding hydrogens is 340 g/mol. The number of hydrogen-bond donors (Lipinski definition) is 1. The Morgan fingerprint density at radius 3 is 2.96 bits per heavy atom. The Hall–Kier alpha value is -2.18. The summed E-state index contributed by atoms with van der Waals surface area (Å²) in [5, 5.41) is 4.59. The summed E-state index contributed by atoms with van der Waals surface area (Å²) < 4.78 is 11.8. The number of para-hydroxylation sites is 1. The van der Waals surface area contributed by atoms with E-state index in [0.29, 0.717) is 13.2 Å². The zero-order chi connectivity index (χ0) is 18.5. The number of aromatic nitrogens is 1. The average Bonchev–Trinajstić information content (AvgIpc) is 3.26. The number of hydrogen-bond acceptors (Lipinski definition) is 4. The molecule has 0 radical (unpaired) electrons. The Balaban J connectivity index is 1.51. The molecule has 2 aliphatic heterocycles. The maximum atomic E-state index is 5.98. The summed E-state index contributed by atoms with van der Waals surface area (Å²) in [6.07, 6.45) is 4.41. The van der Waals surface area contributed by atoms with E-state index in [1.807, 2.05) is 12.3 Å². The summed E-state index contributed by atoms with van der Waals surface area (Å²) in [4.78, 5) is 11.8. The lowest BCUT2D eigenvalue weighted by molar-refractivity contribution is -0.0817. The summed E-state index contributed by atoms with van der Waals surface area (Å²) in [6.45, 7) is 6.80. The number of fused-ring (bicyclic) bond motifs is 1. The number of benzene rings is 1. The normalized spacial score (nSPS) is 23.7. The molecule has 0 amide bonds. The zero-order valence-electron chi connectivity index (χ0n) is 15.9. The van der Waals surface area contributed by atoms with Gasteiger partial charge in [0.1, 0.15) is 6.10 Å². The average molecular weight is 368 g/mol. The molecular formula is C21H28N4O2. The number of nitrogens with zero attached hydrogens (tertiary/aromatic N) is 3. The van der Waals surface area contributed by atoms with Gasteiger partial charge >= 0.3 is 0 Å². The van der Waals surface area contributed by atoms with Crippen molar-refractivity contribution < 1.29 is 9.47 Å². The molecule has 1 N–H and O–H groups in total. The molecule has 2 atom stereocenters. The molecule has 0 saturated carbocycles. The fourth-order valence-electron chi connectivity index (χ4n) is 3.87. The first-order valence-corrected chi connectivity index (χ1v) is 9.94. The van der Waals surface area contributed by atoms with Crippen molar-refractivity contribution >= 4 is 16.9 Å². The van der Waals surface area contributed by atoms with Gasteiger partial charge in [0.05, 0.1) is 24.8 Å². The molecule has 2 unspecified atom stereocenters. The quantitative estimate of drug-likeness (QED) is 0.664. The van der Waals surface area contributed by atoms with E-state index in [0.717, 1.165) is 61.5 Å². The fraction of sp³-hybridized carbons (Fsp3) is 0.524. The highest BCUT2D eigenvalue weighted by molar-refractivity contribution is 5.83. The van der Waals surface area contributed by atoms with Crippen molar-refractivity contribution in [3.05, 3.63) is 42.1 Å². The molecule has 2 aliphatic rings. The van der Waals surface area contributed by atoms with E-state index in [2.05, 4.69) is 46.4 Å². The molecule has 2 fully saturated rings. The zero-order valence-corrected chi connectivity index (χ0v) is 15.9. The summed E-state index contributed by atoms with van der Waals surface area (Å²) in [5.74, 6) is 0.941. The number of morpholine rings is 1. The lowest BCUT2D eigenvalue weighted by Gasteiger charge is -2.37. The van der Waals surface area contributed by atoms with Gasteiger partial charge < -0.3 is 19.7 Å². The van der Waals surface area contributed by atoms with Crippen LogP contribution < -0.4 is 5.32 Å². The second-order valence-corrected chi connectivity index (χ2v) is 7.07. The van der Waals surface area contributed by atoms with Crippen LogP contribution in [0, 0.1) is 0 Å². The van der Waals surface area contributed by atoms with Gasteiger partial charge in [-0.1, -0.05) is 24.3 Å². The number of pyridine rings is 1. The van der Waals surface area contributed by atoms with E-state index in [-0.39, 0.29) is 12.2 Å². The minimum absolute atomic E-state index is 0.129. The van der Waals surface area contributed by atoms with Gasteiger partial charge in [0, 0.05) is 37.8 Å². The van der Waals surface area contributed by atoms with Crippen molar-refractivity contribution in [2.24, 2.45) is 4.99 Å². The van der Waals surface area contributed by atoms with Crippen LogP contribution in [-0.2, 0) is 16.0 Å². The van der Waals surface area contributed by atoms with Crippen LogP contribution in [0.3, 0.4) is 0 Å². The van der Waals surface area contributed by atoms with Gasteiger partial charge in [-0.2, -0.15) is 0 Å². The van der Waals surface area contributed by atoms with Crippen molar-refractivity contribution in [1.29, 1.82) is 0 Å². The van der Waals surface area contributed by atoms with Crippen LogP contribution in [-0.4, -0.2) is 60.9 Å². The number of nitrogens with one attached hydrogen (secondary N) is 1. The first-order valence-electron chi connectivity index (χ1n) is 9.94. The lowest BCUT2D eigenvalue weighted by Crippen LogP contribution is -2.53. The van der Waals surface area contributed by atoms with Crippen LogP contribution in [0.2, 0.25) is 0 Å². The second-order valence-electron chi connectivity index (χ2n) is 7.07. The van der Waals surface area contributed by atoms with Gasteiger partial charge in [0.25, 0.3) is 0 Å². The van der Waals surface area contributed by atoms with Gasteiger partial charge in [-0.15, -0.1) is 0 Å². The maximum absolute atomic E-state index is 5.98. The Morgan fingerprint density at radius 1 is 1.22 bits per heavy atom. The first-order chi connectivity index (χ1) is 13.3. The molecule has 0 aliphatic carbocycles. The Morgan fingerprint density at radius 2 is 2.11 bits per heavy atom. The number of ether oxygens (including phenoxy) is 2. The topological polar surface area (TPSA) is 59.0 Å². The number of rotatable bonds is 4. The Kier molecular flexibility index (Phi) is 5.84. The predicted molar refractivity (Wildman–Crippen MR) is 107 cm³/mol. The Labute approximate surface area is 160 Å². The highest BCUT2D eigenvalue weighted by atomic mass is 16.5. The lowest BCUT2D eigenvalue weighted by atomic mass is 10.1. The van der Waals surface area contributed by atoms with Gasteiger partial charge in [-0.05, 0) is 31.4 Å². The molecule has 1 aromatic heterocycles. The van der Waals surface area contributed by atoms with Gasteiger partial charge in [0.15, 0.2) is 5.96 Å². The fourth-order valence-corrected chi connectivity index (χ4v) is 3.87. The number of aliphatic imine (C=N–C) groups is 1. The molecule has 27 heavy (non-hydrogen) atoms. The number of guanidine groups is 1. The standard InChI is InChI=1S/C21H28N4O2/c1-2-22-21(25-11-13-27-19(15-25)18-9-5-12-26-18)24-14-17-7-3-6-16-8-4-10-23-20(16)17/h3-4,6-8,10,18-19H,2,5,9,11-15H2,1H3,(H,22,24). The molecule has 144 valence electrons. The SMILES string of the molecule is CCNC(=NCc1cccc2cccnc12)N1CCOC(C2CCCO2)C1. The third-order valence-electron chi connectivity index (χ3n) is 5.22. The third-order valence-corrected chi connectivity index (χ3v) is 5.22. The molecule has 6 heteroatoms. The highest BCUT2D eigenvalue weighted by Crippen LogP contribution is 2.21. The van der Waals surface area contributed by atoms with Gasteiger partial charge in [-0.25, -0.2) is 4.99 Å². The highest BCUT2D eigenvalue weighted by Gasteiger charge is 2.32. The largest absolute Gasteiger partial charge is 0.375 e.